The van der Waals surface area contributed by atoms with Gasteiger partial charge < -0.3 is 4.74 Å². The predicted octanol–water partition coefficient (Wildman–Crippen LogP) is 14.0. The number of fused-ring (bicyclic) bond motifs is 3. The van der Waals surface area contributed by atoms with E-state index in [9.17, 15) is 0 Å². The fourth-order valence-electron chi connectivity index (χ4n) is 7.93. The minimum Gasteiger partial charge on any atom is -0.457 e. The van der Waals surface area contributed by atoms with Crippen molar-refractivity contribution in [2.45, 2.75) is 119 Å². The number of aromatic nitrogens is 4. The molecule has 4 aromatic carbocycles. The van der Waals surface area contributed by atoms with Crippen molar-refractivity contribution >= 4 is 21.8 Å². The lowest BCUT2D eigenvalue weighted by atomic mass is 9.86. The maximum atomic E-state index is 6.89. The smallest absolute Gasteiger partial charge is 0.137 e. The number of hydrogen-bond acceptors (Lipinski definition) is 3. The van der Waals surface area contributed by atoms with Gasteiger partial charge in [-0.3, -0.25) is 4.57 Å². The van der Waals surface area contributed by atoms with E-state index < -0.39 is 0 Å². The maximum absolute atomic E-state index is 6.89. The minimum absolute atomic E-state index is 0.00661. The predicted molar refractivity (Wildman–Crippen MR) is 236 cm³/mol. The molecule has 0 saturated carbocycles. The largest absolute Gasteiger partial charge is 0.457 e. The summed E-state index contributed by atoms with van der Waals surface area (Å²) < 4.78 is 11.3. The van der Waals surface area contributed by atoms with Crippen LogP contribution in [0.2, 0.25) is 0 Å². The summed E-state index contributed by atoms with van der Waals surface area (Å²) in [5.74, 6) is 2.49. The zero-order chi connectivity index (χ0) is 40.0. The molecule has 0 atom stereocenters. The van der Waals surface area contributed by atoms with Gasteiger partial charge in [-0.25, -0.2) is 9.67 Å². The van der Waals surface area contributed by atoms with Crippen LogP contribution in [0.1, 0.15) is 117 Å². The number of hydrogen-bond donors (Lipinski definition) is 0. The molecule has 56 heavy (non-hydrogen) atoms. The lowest BCUT2D eigenvalue weighted by molar-refractivity contribution is 0.360. The highest BCUT2D eigenvalue weighted by molar-refractivity contribution is 6.09. The standard InChI is InChI=1S/C51H60N4O/c1-12-44-48(36-19-14-13-15-20-36)34(2)53-55(44)39-29-38(51(9,10)11)30-41(32-39)56-40-22-23-42-43-28-35(18-16-17-26-49(3,4)5)21-24-45(43)54(46(42)33-40)47-31-37(25-27-52-47)50(6,7)8/h13-15,19-25,27-33H,12,16-18,26H2,1-11H3. The second kappa shape index (κ2) is 15.1. The number of aryl methyl sites for hydroxylation is 2. The minimum atomic E-state index is -0.102. The van der Waals surface area contributed by atoms with E-state index in [0.29, 0.717) is 5.41 Å². The third-order valence-electron chi connectivity index (χ3n) is 11.1. The molecule has 0 N–H and O–H groups in total. The molecule has 0 amide bonds. The molecule has 0 unspecified atom stereocenters. The van der Waals surface area contributed by atoms with Crippen molar-refractivity contribution in [2.24, 2.45) is 5.41 Å². The van der Waals surface area contributed by atoms with E-state index >= 15 is 0 Å². The highest BCUT2D eigenvalue weighted by Crippen LogP contribution is 2.39. The van der Waals surface area contributed by atoms with Crippen LogP contribution >= 0.6 is 0 Å². The number of benzene rings is 4. The van der Waals surface area contributed by atoms with Crippen LogP contribution in [0, 0.1) is 12.3 Å². The third kappa shape index (κ3) is 8.19. The van der Waals surface area contributed by atoms with Gasteiger partial charge in [-0.15, -0.1) is 0 Å². The van der Waals surface area contributed by atoms with E-state index in [0.717, 1.165) is 52.6 Å². The Balaban J connectivity index is 1.33. The Morgan fingerprint density at radius 1 is 0.661 bits per heavy atom. The zero-order valence-corrected chi connectivity index (χ0v) is 35.5. The van der Waals surface area contributed by atoms with Crippen molar-refractivity contribution in [3.05, 3.63) is 131 Å². The molecule has 0 aliphatic carbocycles. The summed E-state index contributed by atoms with van der Waals surface area (Å²) in [5.41, 5.74) is 11.9. The summed E-state index contributed by atoms with van der Waals surface area (Å²) in [7, 11) is 0. The Hall–Kier alpha value is -5.16. The lowest BCUT2D eigenvalue weighted by Crippen LogP contribution is -2.13. The quantitative estimate of drug-likeness (QED) is 0.131. The van der Waals surface area contributed by atoms with Crippen LogP contribution in [0.3, 0.4) is 0 Å². The Morgan fingerprint density at radius 3 is 2.11 bits per heavy atom. The first-order chi connectivity index (χ1) is 26.5. The molecule has 0 bridgehead atoms. The molecular weight excluding hydrogens is 685 g/mol. The molecule has 3 heterocycles. The van der Waals surface area contributed by atoms with Crippen LogP contribution < -0.4 is 4.74 Å². The molecule has 0 radical (unpaired) electrons. The van der Waals surface area contributed by atoms with Gasteiger partial charge in [-0.05, 0) is 120 Å². The van der Waals surface area contributed by atoms with Crippen molar-refractivity contribution in [2.75, 3.05) is 0 Å². The summed E-state index contributed by atoms with van der Waals surface area (Å²) in [5, 5.41) is 7.57. The maximum Gasteiger partial charge on any atom is 0.137 e. The van der Waals surface area contributed by atoms with Crippen LogP contribution in [0.5, 0.6) is 11.5 Å². The van der Waals surface area contributed by atoms with Gasteiger partial charge in [0.05, 0.1) is 28.1 Å². The number of pyridine rings is 1. The first-order valence-electron chi connectivity index (χ1n) is 20.5. The summed E-state index contributed by atoms with van der Waals surface area (Å²) in [4.78, 5) is 4.96. The van der Waals surface area contributed by atoms with Crippen molar-refractivity contribution in [1.82, 2.24) is 19.3 Å². The summed E-state index contributed by atoms with van der Waals surface area (Å²) in [6.45, 7) is 24.8. The van der Waals surface area contributed by atoms with Crippen LogP contribution in [0.25, 0.3) is 44.4 Å². The van der Waals surface area contributed by atoms with Crippen molar-refractivity contribution < 1.29 is 4.74 Å². The van der Waals surface area contributed by atoms with Crippen LogP contribution in [0.4, 0.5) is 0 Å². The molecule has 0 aliphatic heterocycles. The van der Waals surface area contributed by atoms with E-state index in [1.807, 2.05) is 6.20 Å². The zero-order valence-electron chi connectivity index (χ0n) is 35.5. The monoisotopic (exact) mass is 744 g/mol. The highest BCUT2D eigenvalue weighted by atomic mass is 16.5. The van der Waals surface area contributed by atoms with Gasteiger partial charge in [0.15, 0.2) is 0 Å². The first-order valence-corrected chi connectivity index (χ1v) is 20.5. The van der Waals surface area contributed by atoms with Crippen molar-refractivity contribution in [1.29, 1.82) is 0 Å². The Labute approximate surface area is 334 Å². The van der Waals surface area contributed by atoms with E-state index in [-0.39, 0.29) is 10.8 Å². The first kappa shape index (κ1) is 39.1. The summed E-state index contributed by atoms with van der Waals surface area (Å²) in [6.07, 6.45) is 7.54. The number of nitrogens with zero attached hydrogens (tertiary/aromatic N) is 4. The molecule has 5 nitrogen and oxygen atoms in total. The molecule has 0 fully saturated rings. The molecule has 7 rings (SSSR count). The van der Waals surface area contributed by atoms with Crippen LogP contribution in [-0.4, -0.2) is 19.3 Å². The molecule has 3 aromatic heterocycles. The number of rotatable bonds is 10. The van der Waals surface area contributed by atoms with Gasteiger partial charge in [0, 0.05) is 34.7 Å². The lowest BCUT2D eigenvalue weighted by Gasteiger charge is -2.22. The van der Waals surface area contributed by atoms with E-state index in [4.69, 9.17) is 14.8 Å². The van der Waals surface area contributed by atoms with Crippen LogP contribution in [0.15, 0.2) is 103 Å². The molecule has 5 heteroatoms. The third-order valence-corrected chi connectivity index (χ3v) is 11.1. The second-order valence-corrected chi connectivity index (χ2v) is 18.9. The number of ether oxygens (including phenoxy) is 1. The average Bonchev–Trinajstić information content (AvgIpc) is 3.66. The van der Waals surface area contributed by atoms with Gasteiger partial charge in [0.2, 0.25) is 0 Å². The summed E-state index contributed by atoms with van der Waals surface area (Å²) in [6, 6.07) is 35.1. The van der Waals surface area contributed by atoms with Crippen LogP contribution in [-0.2, 0) is 23.7 Å². The highest BCUT2D eigenvalue weighted by Gasteiger charge is 2.23. The van der Waals surface area contributed by atoms with Gasteiger partial charge >= 0.3 is 0 Å². The fourth-order valence-corrected chi connectivity index (χ4v) is 7.93. The van der Waals surface area contributed by atoms with E-state index in [2.05, 4.69) is 182 Å². The molecule has 0 saturated heterocycles. The van der Waals surface area contributed by atoms with Crippen molar-refractivity contribution in [3.63, 3.8) is 0 Å². The molecule has 0 spiro atoms. The fraction of sp³-hybridized carbons (Fsp3) is 0.373. The Bertz CT molecular complexity index is 2500. The second-order valence-electron chi connectivity index (χ2n) is 18.9. The van der Waals surface area contributed by atoms with Crippen molar-refractivity contribution in [3.8, 4) is 34.1 Å². The summed E-state index contributed by atoms with van der Waals surface area (Å²) >= 11 is 0. The average molecular weight is 745 g/mol. The Kier molecular flexibility index (Phi) is 10.5. The molecule has 7 aromatic rings. The molecule has 290 valence electrons. The van der Waals surface area contributed by atoms with Gasteiger partial charge in [-0.2, -0.15) is 5.10 Å². The van der Waals surface area contributed by atoms with Gasteiger partial charge in [-0.1, -0.05) is 112 Å². The molecule has 0 aliphatic rings. The normalized spacial score (nSPS) is 12.6. The van der Waals surface area contributed by atoms with Gasteiger partial charge in [0.25, 0.3) is 0 Å². The topological polar surface area (TPSA) is 44.9 Å². The SMILES string of the molecule is CCc1c(-c2ccccc2)c(C)nn1-c1cc(Oc2ccc3c4cc(CCCCC(C)(C)C)ccc4n(-c4cc(C(C)(C)C)ccn4)c3c2)cc(C(C)(C)C)c1. The Morgan fingerprint density at radius 2 is 1.41 bits per heavy atom. The van der Waals surface area contributed by atoms with E-state index in [1.165, 1.54) is 63.5 Å². The molecular formula is C51H60N4O. The van der Waals surface area contributed by atoms with E-state index in [1.54, 1.807) is 0 Å². The number of unbranched alkanes of at least 4 members (excludes halogenated alkanes) is 1. The van der Waals surface area contributed by atoms with Gasteiger partial charge in [0.1, 0.15) is 17.3 Å².